The van der Waals surface area contributed by atoms with Gasteiger partial charge in [-0.15, -0.1) is 10.2 Å². The molecule has 1 aliphatic heterocycles. The average molecular weight is 539 g/mol. The number of nitrogens with zero attached hydrogens (tertiary/aromatic N) is 5. The number of piperazine rings is 1. The van der Waals surface area contributed by atoms with E-state index in [-0.39, 0.29) is 43.6 Å². The smallest absolute Gasteiger partial charge is 0.407 e. The van der Waals surface area contributed by atoms with Crippen molar-refractivity contribution >= 4 is 28.6 Å². The highest BCUT2D eigenvalue weighted by atomic mass is 19.3. The Morgan fingerprint density at radius 1 is 1.08 bits per heavy atom. The molecule has 1 aliphatic carbocycles. The van der Waals surface area contributed by atoms with Crippen LogP contribution in [0.4, 0.5) is 19.4 Å². The second-order valence-corrected chi connectivity index (χ2v) is 10.3. The van der Waals surface area contributed by atoms with Gasteiger partial charge in [0.2, 0.25) is 11.8 Å². The van der Waals surface area contributed by atoms with E-state index < -0.39 is 12.0 Å². The molecule has 2 aromatic heterocycles. The number of benzene rings is 1. The van der Waals surface area contributed by atoms with Gasteiger partial charge in [0.25, 0.3) is 0 Å². The molecule has 2 amide bonds. The van der Waals surface area contributed by atoms with Crippen molar-refractivity contribution < 1.29 is 23.1 Å². The summed E-state index contributed by atoms with van der Waals surface area (Å²) >= 11 is 0. The molecule has 1 aromatic carbocycles. The number of pyridine rings is 1. The molecule has 11 heteroatoms. The van der Waals surface area contributed by atoms with E-state index in [1.54, 1.807) is 12.4 Å². The molecular weight excluding hydrogens is 506 g/mol. The minimum Gasteiger partial charge on any atom is -0.453 e. The van der Waals surface area contributed by atoms with Crippen molar-refractivity contribution in [3.05, 3.63) is 48.3 Å². The van der Waals surface area contributed by atoms with E-state index in [0.29, 0.717) is 32.0 Å². The van der Waals surface area contributed by atoms with E-state index in [2.05, 4.69) is 30.1 Å². The van der Waals surface area contributed by atoms with Crippen LogP contribution in [0.5, 0.6) is 0 Å². The lowest BCUT2D eigenvalue weighted by atomic mass is 9.85. The van der Waals surface area contributed by atoms with Crippen LogP contribution in [0.25, 0.3) is 22.0 Å². The van der Waals surface area contributed by atoms with Crippen LogP contribution in [0.15, 0.2) is 42.7 Å². The number of methoxy groups -OCH3 is 1. The number of hydrogen-bond acceptors (Lipinski definition) is 7. The third kappa shape index (κ3) is 5.76. The lowest BCUT2D eigenvalue weighted by molar-refractivity contribution is -0.142. The zero-order chi connectivity index (χ0) is 27.6. The highest BCUT2D eigenvalue weighted by Crippen LogP contribution is 2.38. The third-order valence-corrected chi connectivity index (χ3v) is 7.69. The number of nitrogens with one attached hydrogen (secondary N) is 1. The molecule has 9 nitrogen and oxygen atoms in total. The SMILES string of the molecule is COC(=O)NCc1ccc(-c2nnc(N3CCN(C(=O)C4CCC(F)(F)CC4)C(C)C3)c3cnccc23)cc1. The first-order chi connectivity index (χ1) is 18.8. The number of fused-ring (bicyclic) bond motifs is 1. The number of amides is 2. The quantitative estimate of drug-likeness (QED) is 0.514. The summed E-state index contributed by atoms with van der Waals surface area (Å²) in [4.78, 5) is 32.8. The maximum atomic E-state index is 13.6. The molecule has 206 valence electrons. The fraction of sp³-hybridized carbons (Fsp3) is 0.464. The minimum absolute atomic E-state index is 0.0177. The lowest BCUT2D eigenvalue weighted by Crippen LogP contribution is -2.56. The predicted molar refractivity (Wildman–Crippen MR) is 142 cm³/mol. The molecule has 39 heavy (non-hydrogen) atoms. The first-order valence-corrected chi connectivity index (χ1v) is 13.2. The zero-order valence-corrected chi connectivity index (χ0v) is 22.1. The van der Waals surface area contributed by atoms with Crippen molar-refractivity contribution in [1.29, 1.82) is 0 Å². The minimum atomic E-state index is -2.65. The van der Waals surface area contributed by atoms with Crippen molar-refractivity contribution in [1.82, 2.24) is 25.4 Å². The van der Waals surface area contributed by atoms with E-state index in [0.717, 1.165) is 27.6 Å². The van der Waals surface area contributed by atoms with Crippen LogP contribution in [-0.4, -0.2) is 70.8 Å². The highest BCUT2D eigenvalue weighted by molar-refractivity contribution is 5.99. The summed E-state index contributed by atoms with van der Waals surface area (Å²) in [7, 11) is 1.32. The maximum absolute atomic E-state index is 13.6. The molecule has 1 saturated heterocycles. The van der Waals surface area contributed by atoms with Crippen molar-refractivity contribution in [3.63, 3.8) is 0 Å². The molecule has 1 saturated carbocycles. The average Bonchev–Trinajstić information content (AvgIpc) is 2.95. The first-order valence-electron chi connectivity index (χ1n) is 13.2. The third-order valence-electron chi connectivity index (χ3n) is 7.69. The van der Waals surface area contributed by atoms with Gasteiger partial charge >= 0.3 is 6.09 Å². The van der Waals surface area contributed by atoms with Crippen molar-refractivity contribution in [2.45, 2.75) is 51.1 Å². The van der Waals surface area contributed by atoms with Gasteiger partial charge in [-0.2, -0.15) is 0 Å². The second-order valence-electron chi connectivity index (χ2n) is 10.3. The van der Waals surface area contributed by atoms with Gasteiger partial charge in [-0.05, 0) is 31.4 Å². The second kappa shape index (κ2) is 11.1. The molecule has 5 rings (SSSR count). The van der Waals surface area contributed by atoms with Crippen LogP contribution in [0, 0.1) is 5.92 Å². The van der Waals surface area contributed by atoms with Crippen LogP contribution in [-0.2, 0) is 16.1 Å². The first kappa shape index (κ1) is 26.7. The van der Waals surface area contributed by atoms with Gasteiger partial charge in [-0.1, -0.05) is 24.3 Å². The number of carbonyl (C=O) groups is 2. The lowest BCUT2D eigenvalue weighted by Gasteiger charge is -2.42. The number of alkyl carbamates (subject to hydrolysis) is 1. The van der Waals surface area contributed by atoms with E-state index >= 15 is 0 Å². The van der Waals surface area contributed by atoms with Gasteiger partial charge in [0.05, 0.1) is 7.11 Å². The Bertz CT molecular complexity index is 1340. The molecule has 2 aliphatic rings. The Balaban J connectivity index is 1.31. The summed E-state index contributed by atoms with van der Waals surface area (Å²) in [6.45, 7) is 3.97. The van der Waals surface area contributed by atoms with Crippen molar-refractivity contribution in [2.75, 3.05) is 31.6 Å². The molecule has 1 N–H and O–H groups in total. The Kier molecular flexibility index (Phi) is 7.58. The summed E-state index contributed by atoms with van der Waals surface area (Å²) in [6, 6.07) is 9.53. The number of aromatic nitrogens is 3. The van der Waals surface area contributed by atoms with Crippen LogP contribution < -0.4 is 10.2 Å². The summed E-state index contributed by atoms with van der Waals surface area (Å²) in [5.41, 5.74) is 2.52. The number of alkyl halides is 2. The summed E-state index contributed by atoms with van der Waals surface area (Å²) in [5.74, 6) is -2.29. The zero-order valence-electron chi connectivity index (χ0n) is 22.1. The summed E-state index contributed by atoms with van der Waals surface area (Å²) in [5, 5.41) is 13.6. The van der Waals surface area contributed by atoms with Crippen molar-refractivity contribution in [3.8, 4) is 11.3 Å². The summed E-state index contributed by atoms with van der Waals surface area (Å²) in [6.07, 6.45) is 3.06. The standard InChI is InChI=1S/C28H32F2N6O3/c1-18-17-35(13-14-36(18)26(37)21-7-10-28(29,30)11-8-21)25-23-16-31-12-9-22(23)24(33-34-25)20-5-3-19(4-6-20)15-32-27(38)39-2/h3-6,9,12,16,18,21H,7-8,10-11,13-15,17H2,1-2H3,(H,32,38). The van der Waals surface area contributed by atoms with Gasteiger partial charge in [-0.25, -0.2) is 13.6 Å². The van der Waals surface area contributed by atoms with Crippen LogP contribution in [0.1, 0.15) is 38.2 Å². The predicted octanol–water partition coefficient (Wildman–Crippen LogP) is 4.41. The normalized spacial score (nSPS) is 19.6. The highest BCUT2D eigenvalue weighted by Gasteiger charge is 2.40. The Hall–Kier alpha value is -3.89. The Morgan fingerprint density at radius 3 is 2.51 bits per heavy atom. The van der Waals surface area contributed by atoms with E-state index in [1.807, 2.05) is 42.2 Å². The molecular formula is C28H32F2N6O3. The molecule has 3 heterocycles. The fourth-order valence-corrected chi connectivity index (χ4v) is 5.46. The van der Waals surface area contributed by atoms with Gasteiger partial charge in [0, 0.05) is 79.7 Å². The molecule has 1 atom stereocenters. The number of anilines is 1. The Morgan fingerprint density at radius 2 is 1.82 bits per heavy atom. The molecule has 2 fully saturated rings. The largest absolute Gasteiger partial charge is 0.453 e. The van der Waals surface area contributed by atoms with Crippen molar-refractivity contribution in [2.24, 2.45) is 5.92 Å². The van der Waals surface area contributed by atoms with Gasteiger partial charge in [0.1, 0.15) is 5.69 Å². The Labute approximate surface area is 225 Å². The molecule has 0 spiro atoms. The van der Waals surface area contributed by atoms with E-state index in [9.17, 15) is 18.4 Å². The number of ether oxygens (including phenoxy) is 1. The number of hydrogen-bond donors (Lipinski definition) is 1. The summed E-state index contributed by atoms with van der Waals surface area (Å²) < 4.78 is 31.8. The number of rotatable bonds is 5. The molecule has 0 bridgehead atoms. The van der Waals surface area contributed by atoms with Crippen LogP contribution in [0.2, 0.25) is 0 Å². The molecule has 1 unspecified atom stereocenters. The van der Waals surface area contributed by atoms with Crippen LogP contribution in [0.3, 0.4) is 0 Å². The van der Waals surface area contributed by atoms with Gasteiger partial charge < -0.3 is 19.9 Å². The monoisotopic (exact) mass is 538 g/mol. The van der Waals surface area contributed by atoms with E-state index in [1.165, 1.54) is 7.11 Å². The molecule has 3 aromatic rings. The van der Waals surface area contributed by atoms with Gasteiger partial charge in [0.15, 0.2) is 5.82 Å². The number of carbonyl (C=O) groups excluding carboxylic acids is 2. The van der Waals surface area contributed by atoms with Crippen LogP contribution >= 0.6 is 0 Å². The molecule has 0 radical (unpaired) electrons. The maximum Gasteiger partial charge on any atom is 0.407 e. The number of halogens is 2. The topological polar surface area (TPSA) is 101 Å². The van der Waals surface area contributed by atoms with E-state index in [4.69, 9.17) is 0 Å². The fourth-order valence-electron chi connectivity index (χ4n) is 5.46. The van der Waals surface area contributed by atoms with Gasteiger partial charge in [-0.3, -0.25) is 9.78 Å².